The Hall–Kier alpha value is -1.25. The Labute approximate surface area is 97.9 Å². The van der Waals surface area contributed by atoms with Crippen LogP contribution in [-0.4, -0.2) is 30.9 Å². The highest BCUT2D eigenvalue weighted by Crippen LogP contribution is 2.26. The van der Waals surface area contributed by atoms with Crippen molar-refractivity contribution in [1.82, 2.24) is 10.2 Å². The van der Waals surface area contributed by atoms with Crippen molar-refractivity contribution in [2.45, 2.75) is 33.1 Å². The average molecular weight is 219 g/mol. The molecule has 0 saturated carbocycles. The molecule has 2 rings (SSSR count). The number of hydrogen-bond acceptors (Lipinski definition) is 3. The zero-order chi connectivity index (χ0) is 11.5. The lowest BCUT2D eigenvalue weighted by molar-refractivity contribution is 0.523. The zero-order valence-corrected chi connectivity index (χ0v) is 10.5. The molecular weight excluding hydrogens is 198 g/mol. The van der Waals surface area contributed by atoms with Gasteiger partial charge in [0.1, 0.15) is 5.84 Å². The van der Waals surface area contributed by atoms with Crippen molar-refractivity contribution >= 4 is 5.84 Å². The van der Waals surface area contributed by atoms with Gasteiger partial charge in [-0.05, 0) is 37.8 Å². The summed E-state index contributed by atoms with van der Waals surface area (Å²) in [6.07, 6.45) is 5.46. The summed E-state index contributed by atoms with van der Waals surface area (Å²) in [5.74, 6) is 1.19. The Kier molecular flexibility index (Phi) is 3.32. The molecule has 16 heavy (non-hydrogen) atoms. The highest BCUT2D eigenvalue weighted by atomic mass is 15.2. The first-order valence-corrected chi connectivity index (χ1v) is 6.13. The maximum atomic E-state index is 4.60. The third-order valence-electron chi connectivity index (χ3n) is 3.40. The lowest BCUT2D eigenvalue weighted by Gasteiger charge is -2.24. The second kappa shape index (κ2) is 4.73. The molecule has 0 spiro atoms. The standard InChI is InChI=1S/C13H21N3/c1-4-16(3)12-8-11-6-5-7-14-13(11)10(2)9-15-12/h9,14H,4-8H2,1-3H3. The fourth-order valence-corrected chi connectivity index (χ4v) is 2.25. The molecule has 0 saturated heterocycles. The number of nitrogens with one attached hydrogen (secondary N) is 1. The molecule has 0 unspecified atom stereocenters. The molecule has 0 aliphatic carbocycles. The van der Waals surface area contributed by atoms with Crippen molar-refractivity contribution in [3.8, 4) is 0 Å². The number of rotatable bonds is 1. The van der Waals surface area contributed by atoms with Crippen LogP contribution in [0.2, 0.25) is 0 Å². The maximum Gasteiger partial charge on any atom is 0.108 e. The van der Waals surface area contributed by atoms with Gasteiger partial charge in [-0.3, -0.25) is 0 Å². The SMILES string of the molecule is CCN(C)C1=NC=C(C)C2=C(CCCN2)C1. The van der Waals surface area contributed by atoms with E-state index in [-0.39, 0.29) is 0 Å². The first-order valence-electron chi connectivity index (χ1n) is 6.13. The highest BCUT2D eigenvalue weighted by Gasteiger charge is 2.18. The van der Waals surface area contributed by atoms with Gasteiger partial charge in [-0.25, -0.2) is 4.99 Å². The number of allylic oxidation sites excluding steroid dienone is 1. The molecule has 88 valence electrons. The molecule has 1 N–H and O–H groups in total. The van der Waals surface area contributed by atoms with Gasteiger partial charge in [-0.15, -0.1) is 0 Å². The van der Waals surface area contributed by atoms with Crippen molar-refractivity contribution in [3.05, 3.63) is 23.0 Å². The summed E-state index contributed by atoms with van der Waals surface area (Å²) >= 11 is 0. The molecule has 2 aliphatic heterocycles. The van der Waals surface area contributed by atoms with Crippen molar-refractivity contribution in [2.75, 3.05) is 20.1 Å². The Morgan fingerprint density at radius 2 is 2.31 bits per heavy atom. The van der Waals surface area contributed by atoms with Crippen LogP contribution in [0.4, 0.5) is 0 Å². The Morgan fingerprint density at radius 3 is 3.06 bits per heavy atom. The van der Waals surface area contributed by atoms with Crippen LogP contribution in [0.15, 0.2) is 28.0 Å². The minimum Gasteiger partial charge on any atom is -0.385 e. The highest BCUT2D eigenvalue weighted by molar-refractivity contribution is 5.85. The van der Waals surface area contributed by atoms with Gasteiger partial charge in [0.15, 0.2) is 0 Å². The van der Waals surface area contributed by atoms with E-state index < -0.39 is 0 Å². The van der Waals surface area contributed by atoms with E-state index in [9.17, 15) is 0 Å². The van der Waals surface area contributed by atoms with E-state index in [1.807, 2.05) is 6.20 Å². The molecule has 0 atom stereocenters. The van der Waals surface area contributed by atoms with Gasteiger partial charge in [0, 0.05) is 38.5 Å². The van der Waals surface area contributed by atoms with Crippen LogP contribution in [0.1, 0.15) is 33.1 Å². The predicted molar refractivity (Wildman–Crippen MR) is 68.4 cm³/mol. The van der Waals surface area contributed by atoms with Crippen LogP contribution >= 0.6 is 0 Å². The third-order valence-corrected chi connectivity index (χ3v) is 3.40. The van der Waals surface area contributed by atoms with E-state index in [1.54, 1.807) is 0 Å². The molecule has 3 nitrogen and oxygen atoms in total. The fourth-order valence-electron chi connectivity index (χ4n) is 2.25. The molecule has 2 heterocycles. The van der Waals surface area contributed by atoms with E-state index in [2.05, 4.69) is 36.1 Å². The molecule has 0 aromatic heterocycles. The van der Waals surface area contributed by atoms with Gasteiger partial charge >= 0.3 is 0 Å². The third kappa shape index (κ3) is 2.13. The van der Waals surface area contributed by atoms with Crippen molar-refractivity contribution in [2.24, 2.45) is 4.99 Å². The topological polar surface area (TPSA) is 27.6 Å². The predicted octanol–water partition coefficient (Wildman–Crippen LogP) is 2.28. The van der Waals surface area contributed by atoms with E-state index >= 15 is 0 Å². The molecule has 0 aromatic carbocycles. The summed E-state index contributed by atoms with van der Waals surface area (Å²) in [5.41, 5.74) is 4.14. The second-order valence-electron chi connectivity index (χ2n) is 4.56. The molecule has 0 radical (unpaired) electrons. The van der Waals surface area contributed by atoms with Gasteiger partial charge in [0.25, 0.3) is 0 Å². The lowest BCUT2D eigenvalue weighted by Crippen LogP contribution is -2.28. The summed E-state index contributed by atoms with van der Waals surface area (Å²) < 4.78 is 0. The molecule has 0 amide bonds. The molecule has 0 bridgehead atoms. The minimum atomic E-state index is 1.00. The van der Waals surface area contributed by atoms with E-state index in [0.717, 1.165) is 19.5 Å². The van der Waals surface area contributed by atoms with Crippen LogP contribution in [0, 0.1) is 0 Å². The van der Waals surface area contributed by atoms with Crippen LogP contribution in [0.25, 0.3) is 0 Å². The summed E-state index contributed by atoms with van der Waals surface area (Å²) in [4.78, 5) is 6.83. The van der Waals surface area contributed by atoms with Gasteiger partial charge in [0.2, 0.25) is 0 Å². The van der Waals surface area contributed by atoms with Gasteiger partial charge in [0.05, 0.1) is 0 Å². The van der Waals surface area contributed by atoms with E-state index in [4.69, 9.17) is 0 Å². The summed E-state index contributed by atoms with van der Waals surface area (Å²) in [7, 11) is 2.11. The average Bonchev–Trinajstić information content (AvgIpc) is 2.49. The quantitative estimate of drug-likeness (QED) is 0.732. The number of amidine groups is 1. The lowest BCUT2D eigenvalue weighted by atomic mass is 9.97. The minimum absolute atomic E-state index is 1.00. The van der Waals surface area contributed by atoms with Crippen molar-refractivity contribution < 1.29 is 0 Å². The van der Waals surface area contributed by atoms with Crippen molar-refractivity contribution in [1.29, 1.82) is 0 Å². The summed E-state index contributed by atoms with van der Waals surface area (Å²) in [6.45, 7) is 6.43. The maximum absolute atomic E-state index is 4.60. The molecular formula is C13H21N3. The first kappa shape index (κ1) is 11.2. The summed E-state index contributed by atoms with van der Waals surface area (Å²) in [5, 5.41) is 3.51. The first-order chi connectivity index (χ1) is 7.72. The number of aliphatic imine (C=N–C) groups is 1. The van der Waals surface area contributed by atoms with E-state index in [0.29, 0.717) is 0 Å². The normalized spacial score (nSPS) is 20.4. The molecule has 0 fully saturated rings. The number of nitrogens with zero attached hydrogens (tertiary/aromatic N) is 2. The molecule has 3 heteroatoms. The Morgan fingerprint density at radius 1 is 1.50 bits per heavy atom. The van der Waals surface area contributed by atoms with Gasteiger partial charge < -0.3 is 10.2 Å². The van der Waals surface area contributed by atoms with Gasteiger partial charge in [-0.1, -0.05) is 0 Å². The van der Waals surface area contributed by atoms with Crippen LogP contribution < -0.4 is 5.32 Å². The van der Waals surface area contributed by atoms with E-state index in [1.165, 1.54) is 35.5 Å². The van der Waals surface area contributed by atoms with Crippen LogP contribution in [-0.2, 0) is 0 Å². The molecule has 0 aromatic rings. The van der Waals surface area contributed by atoms with Gasteiger partial charge in [-0.2, -0.15) is 0 Å². The zero-order valence-electron chi connectivity index (χ0n) is 10.5. The Balaban J connectivity index is 2.28. The van der Waals surface area contributed by atoms with Crippen LogP contribution in [0.3, 0.4) is 0 Å². The summed E-state index contributed by atoms with van der Waals surface area (Å²) in [6, 6.07) is 0. The van der Waals surface area contributed by atoms with Crippen molar-refractivity contribution in [3.63, 3.8) is 0 Å². The largest absolute Gasteiger partial charge is 0.385 e. The Bertz CT molecular complexity index is 363. The monoisotopic (exact) mass is 219 g/mol. The second-order valence-corrected chi connectivity index (χ2v) is 4.56. The van der Waals surface area contributed by atoms with Crippen LogP contribution in [0.5, 0.6) is 0 Å². The smallest absolute Gasteiger partial charge is 0.108 e. The molecule has 2 aliphatic rings. The number of hydrogen-bond donors (Lipinski definition) is 1. The fraction of sp³-hybridized carbons (Fsp3) is 0.615.